The zero-order valence-corrected chi connectivity index (χ0v) is 13.8. The van der Waals surface area contributed by atoms with Gasteiger partial charge in [0.15, 0.2) is 5.96 Å². The Morgan fingerprint density at radius 1 is 1.05 bits per heavy atom. The molecular formula is C16H33N3O3. The van der Waals surface area contributed by atoms with Crippen molar-refractivity contribution in [1.29, 1.82) is 0 Å². The molecule has 6 heteroatoms. The maximum atomic E-state index is 10.6. The van der Waals surface area contributed by atoms with Crippen LogP contribution in [0.4, 0.5) is 0 Å². The zero-order chi connectivity index (χ0) is 16.8. The number of guanidine groups is 1. The second kappa shape index (κ2) is 13.4. The SMILES string of the molecule is CCCCCCCCCCC(CC(O)CC(=O)O)N=C(N)N. The number of carboxylic acids is 1. The summed E-state index contributed by atoms with van der Waals surface area (Å²) in [5.74, 6) is -1.02. The molecule has 0 aliphatic heterocycles. The van der Waals surface area contributed by atoms with Crippen molar-refractivity contribution in [2.45, 2.75) is 89.7 Å². The van der Waals surface area contributed by atoms with Crippen molar-refractivity contribution in [3.63, 3.8) is 0 Å². The summed E-state index contributed by atoms with van der Waals surface area (Å²) in [6.45, 7) is 2.21. The van der Waals surface area contributed by atoms with Crippen LogP contribution in [0.25, 0.3) is 0 Å². The first kappa shape index (κ1) is 20.7. The van der Waals surface area contributed by atoms with E-state index in [0.29, 0.717) is 6.42 Å². The van der Waals surface area contributed by atoms with Crippen LogP contribution in [0.2, 0.25) is 0 Å². The Morgan fingerprint density at radius 2 is 1.59 bits per heavy atom. The van der Waals surface area contributed by atoms with Crippen LogP contribution in [0.3, 0.4) is 0 Å². The van der Waals surface area contributed by atoms with Gasteiger partial charge in [0.2, 0.25) is 0 Å². The van der Waals surface area contributed by atoms with Crippen LogP contribution >= 0.6 is 0 Å². The van der Waals surface area contributed by atoms with Crippen LogP contribution in [-0.2, 0) is 4.79 Å². The average Bonchev–Trinajstić information content (AvgIpc) is 2.39. The van der Waals surface area contributed by atoms with Gasteiger partial charge in [-0.25, -0.2) is 0 Å². The van der Waals surface area contributed by atoms with Crippen molar-refractivity contribution in [2.75, 3.05) is 0 Å². The molecule has 0 spiro atoms. The van der Waals surface area contributed by atoms with Crippen molar-refractivity contribution < 1.29 is 15.0 Å². The van der Waals surface area contributed by atoms with Crippen LogP contribution in [0.1, 0.15) is 77.6 Å². The number of rotatable bonds is 14. The van der Waals surface area contributed by atoms with E-state index >= 15 is 0 Å². The fourth-order valence-corrected chi connectivity index (χ4v) is 2.56. The van der Waals surface area contributed by atoms with E-state index < -0.39 is 12.1 Å². The lowest BCUT2D eigenvalue weighted by Gasteiger charge is -2.16. The first-order valence-electron chi connectivity index (χ1n) is 8.44. The van der Waals surface area contributed by atoms with Gasteiger partial charge in [-0.15, -0.1) is 0 Å². The largest absolute Gasteiger partial charge is 0.481 e. The predicted molar refractivity (Wildman–Crippen MR) is 89.7 cm³/mol. The van der Waals surface area contributed by atoms with Gasteiger partial charge >= 0.3 is 5.97 Å². The summed E-state index contributed by atoms with van der Waals surface area (Å²) in [6.07, 6.45) is 9.67. The molecule has 0 aromatic heterocycles. The molecule has 0 saturated carbocycles. The highest BCUT2D eigenvalue weighted by Gasteiger charge is 2.16. The molecule has 130 valence electrons. The first-order valence-corrected chi connectivity index (χ1v) is 8.44. The number of carboxylic acid groups (broad SMARTS) is 1. The molecule has 0 rings (SSSR count). The number of aliphatic hydroxyl groups excluding tert-OH is 1. The van der Waals surface area contributed by atoms with Crippen molar-refractivity contribution in [3.8, 4) is 0 Å². The van der Waals surface area contributed by atoms with Gasteiger partial charge in [-0.05, 0) is 12.8 Å². The van der Waals surface area contributed by atoms with E-state index in [0.717, 1.165) is 19.3 Å². The second-order valence-electron chi connectivity index (χ2n) is 5.96. The van der Waals surface area contributed by atoms with E-state index in [1.165, 1.54) is 38.5 Å². The molecule has 22 heavy (non-hydrogen) atoms. The number of aliphatic hydroxyl groups is 1. The summed E-state index contributed by atoms with van der Waals surface area (Å²) >= 11 is 0. The van der Waals surface area contributed by atoms with Gasteiger partial charge in [0.1, 0.15) is 0 Å². The second-order valence-corrected chi connectivity index (χ2v) is 5.96. The lowest BCUT2D eigenvalue weighted by Crippen LogP contribution is -2.27. The molecule has 0 aliphatic rings. The first-order chi connectivity index (χ1) is 10.5. The monoisotopic (exact) mass is 315 g/mol. The molecule has 0 radical (unpaired) electrons. The summed E-state index contributed by atoms with van der Waals surface area (Å²) in [6, 6.07) is -0.195. The van der Waals surface area contributed by atoms with Crippen LogP contribution in [0, 0.1) is 0 Å². The normalized spacial score (nSPS) is 13.5. The van der Waals surface area contributed by atoms with Gasteiger partial charge in [-0.1, -0.05) is 58.3 Å². The predicted octanol–water partition coefficient (Wildman–Crippen LogP) is 2.38. The number of aliphatic imine (C=N–C) groups is 1. The van der Waals surface area contributed by atoms with E-state index in [-0.39, 0.29) is 18.4 Å². The van der Waals surface area contributed by atoms with Crippen LogP contribution in [-0.4, -0.2) is 34.3 Å². The van der Waals surface area contributed by atoms with Gasteiger partial charge in [-0.3, -0.25) is 9.79 Å². The number of unbranched alkanes of at least 4 members (excludes halogenated alkanes) is 7. The minimum Gasteiger partial charge on any atom is -0.481 e. The Morgan fingerprint density at radius 3 is 2.09 bits per heavy atom. The van der Waals surface area contributed by atoms with Crippen molar-refractivity contribution in [2.24, 2.45) is 16.5 Å². The number of nitrogens with zero attached hydrogens (tertiary/aromatic N) is 1. The Labute approximate surface area is 134 Å². The molecule has 6 nitrogen and oxygen atoms in total. The number of hydrogen-bond acceptors (Lipinski definition) is 3. The lowest BCUT2D eigenvalue weighted by molar-refractivity contribution is -0.139. The third-order valence-electron chi connectivity index (χ3n) is 3.68. The summed E-state index contributed by atoms with van der Waals surface area (Å²) in [5.41, 5.74) is 10.8. The van der Waals surface area contributed by atoms with Crippen molar-refractivity contribution in [1.82, 2.24) is 0 Å². The third kappa shape index (κ3) is 13.7. The van der Waals surface area contributed by atoms with Crippen molar-refractivity contribution >= 4 is 11.9 Å². The fourth-order valence-electron chi connectivity index (χ4n) is 2.56. The van der Waals surface area contributed by atoms with Crippen LogP contribution in [0.15, 0.2) is 4.99 Å². The minimum atomic E-state index is -1.01. The maximum absolute atomic E-state index is 10.6. The number of aliphatic carboxylic acids is 1. The Balaban J connectivity index is 3.90. The van der Waals surface area contributed by atoms with E-state index in [2.05, 4.69) is 11.9 Å². The van der Waals surface area contributed by atoms with Gasteiger partial charge in [0.25, 0.3) is 0 Å². The molecule has 0 saturated heterocycles. The standard InChI is InChI=1S/C16H33N3O3/c1-2-3-4-5-6-7-8-9-10-13(19-16(17)18)11-14(20)12-15(21)22/h13-14,20H,2-12H2,1H3,(H,21,22)(H4,17,18,19). The highest BCUT2D eigenvalue weighted by Crippen LogP contribution is 2.15. The molecule has 0 fully saturated rings. The summed E-state index contributed by atoms with van der Waals surface area (Å²) < 4.78 is 0. The van der Waals surface area contributed by atoms with E-state index in [9.17, 15) is 9.90 Å². The van der Waals surface area contributed by atoms with Crippen LogP contribution in [0.5, 0.6) is 0 Å². The van der Waals surface area contributed by atoms with Crippen LogP contribution < -0.4 is 11.5 Å². The maximum Gasteiger partial charge on any atom is 0.305 e. The highest BCUT2D eigenvalue weighted by atomic mass is 16.4. The number of hydrogen-bond donors (Lipinski definition) is 4. The molecule has 2 unspecified atom stereocenters. The molecule has 0 aromatic rings. The van der Waals surface area contributed by atoms with Gasteiger partial charge < -0.3 is 21.7 Å². The Hall–Kier alpha value is -1.30. The molecule has 0 aromatic carbocycles. The third-order valence-corrected chi connectivity index (χ3v) is 3.68. The molecule has 0 bridgehead atoms. The van der Waals surface area contributed by atoms with E-state index in [1.807, 2.05) is 0 Å². The van der Waals surface area contributed by atoms with Gasteiger partial charge in [0, 0.05) is 0 Å². The molecule has 0 aliphatic carbocycles. The summed E-state index contributed by atoms with van der Waals surface area (Å²) in [5, 5.41) is 18.4. The molecular weight excluding hydrogens is 282 g/mol. The van der Waals surface area contributed by atoms with E-state index in [4.69, 9.17) is 16.6 Å². The molecule has 0 heterocycles. The topological polar surface area (TPSA) is 122 Å². The summed E-state index contributed by atoms with van der Waals surface area (Å²) in [7, 11) is 0. The lowest BCUT2D eigenvalue weighted by atomic mass is 10.00. The summed E-state index contributed by atoms with van der Waals surface area (Å²) in [4.78, 5) is 14.7. The molecule has 0 amide bonds. The average molecular weight is 315 g/mol. The zero-order valence-electron chi connectivity index (χ0n) is 13.8. The molecule has 2 atom stereocenters. The van der Waals surface area contributed by atoms with Gasteiger partial charge in [-0.2, -0.15) is 0 Å². The Bertz CT molecular complexity index is 318. The number of carbonyl (C=O) groups is 1. The smallest absolute Gasteiger partial charge is 0.305 e. The number of nitrogens with two attached hydrogens (primary N) is 2. The minimum absolute atomic E-state index is 0.00732. The fraction of sp³-hybridized carbons (Fsp3) is 0.875. The Kier molecular flexibility index (Phi) is 12.6. The molecule has 6 N–H and O–H groups in total. The van der Waals surface area contributed by atoms with Crippen molar-refractivity contribution in [3.05, 3.63) is 0 Å². The quantitative estimate of drug-likeness (QED) is 0.223. The highest BCUT2D eigenvalue weighted by molar-refractivity contribution is 5.75. The van der Waals surface area contributed by atoms with E-state index in [1.54, 1.807) is 0 Å². The van der Waals surface area contributed by atoms with Gasteiger partial charge in [0.05, 0.1) is 18.6 Å².